The van der Waals surface area contributed by atoms with Crippen LogP contribution in [-0.4, -0.2) is 11.7 Å². The van der Waals surface area contributed by atoms with Gasteiger partial charge in [-0.15, -0.1) is 0 Å². The Kier molecular flexibility index (Phi) is 5.40. The number of Topliss-reactive ketones (excluding diaryl/α,β-unsaturated/α-hetero) is 1. The minimum Gasteiger partial charge on any atom is -0.324 e. The van der Waals surface area contributed by atoms with E-state index in [0.29, 0.717) is 16.9 Å². The molecular weight excluding hydrogens is 538 g/mol. The maximum Gasteiger partial charge on any atom is 0.246 e. The quantitative estimate of drug-likeness (QED) is 0.353. The van der Waals surface area contributed by atoms with Crippen molar-refractivity contribution in [2.24, 2.45) is 0 Å². The molecule has 3 aromatic carbocycles. The van der Waals surface area contributed by atoms with E-state index in [9.17, 15) is 9.59 Å². The SMILES string of the molecule is O=C(C1=CC[C@@H](c2ccc(Br)cc2)[C@@]2(S1)C(=O)Nc1cccc(Br)c12)c1ccccc1. The number of allylic oxidation sites excluding steroid dienone is 2. The summed E-state index contributed by atoms with van der Waals surface area (Å²) >= 11 is 8.56. The predicted molar refractivity (Wildman–Crippen MR) is 132 cm³/mol. The zero-order valence-electron chi connectivity index (χ0n) is 16.3. The van der Waals surface area contributed by atoms with E-state index in [-0.39, 0.29) is 17.6 Å². The van der Waals surface area contributed by atoms with Crippen molar-refractivity contribution in [2.75, 3.05) is 5.32 Å². The van der Waals surface area contributed by atoms with Crippen LogP contribution in [0.3, 0.4) is 0 Å². The molecule has 0 fully saturated rings. The third kappa shape index (κ3) is 3.41. The van der Waals surface area contributed by atoms with Gasteiger partial charge in [-0.2, -0.15) is 0 Å². The summed E-state index contributed by atoms with van der Waals surface area (Å²) in [6, 6.07) is 23.1. The molecule has 3 nitrogen and oxygen atoms in total. The maximum absolute atomic E-state index is 13.6. The Morgan fingerprint density at radius 2 is 1.71 bits per heavy atom. The lowest BCUT2D eigenvalue weighted by Gasteiger charge is -2.39. The first-order valence-electron chi connectivity index (χ1n) is 9.85. The number of hydrogen-bond donors (Lipinski definition) is 1. The predicted octanol–water partition coefficient (Wildman–Crippen LogP) is 7.05. The van der Waals surface area contributed by atoms with Gasteiger partial charge in [-0.05, 0) is 36.2 Å². The van der Waals surface area contributed by atoms with Crippen LogP contribution in [0.4, 0.5) is 5.69 Å². The fourth-order valence-electron chi connectivity index (χ4n) is 4.38. The Balaban J connectivity index is 1.68. The highest BCUT2D eigenvalue weighted by Crippen LogP contribution is 2.61. The van der Waals surface area contributed by atoms with Gasteiger partial charge < -0.3 is 5.32 Å². The van der Waals surface area contributed by atoms with Crippen molar-refractivity contribution in [1.29, 1.82) is 0 Å². The Bertz CT molecular complexity index is 1220. The van der Waals surface area contributed by atoms with Crippen molar-refractivity contribution < 1.29 is 9.59 Å². The van der Waals surface area contributed by atoms with Crippen LogP contribution in [0, 0.1) is 0 Å². The third-order valence-electron chi connectivity index (χ3n) is 5.80. The van der Waals surface area contributed by atoms with Crippen molar-refractivity contribution in [1.82, 2.24) is 0 Å². The summed E-state index contributed by atoms with van der Waals surface area (Å²) in [6.07, 6.45) is 2.58. The molecule has 3 aromatic rings. The van der Waals surface area contributed by atoms with Crippen molar-refractivity contribution in [3.63, 3.8) is 0 Å². The highest BCUT2D eigenvalue weighted by Gasteiger charge is 2.56. The average molecular weight is 555 g/mol. The average Bonchev–Trinajstić information content (AvgIpc) is 3.07. The lowest BCUT2D eigenvalue weighted by molar-refractivity contribution is -0.118. The molecule has 1 N–H and O–H groups in total. The van der Waals surface area contributed by atoms with Crippen LogP contribution in [0.25, 0.3) is 0 Å². The minimum atomic E-state index is -0.933. The molecule has 0 unspecified atom stereocenters. The number of ketones is 1. The van der Waals surface area contributed by atoms with Crippen molar-refractivity contribution in [2.45, 2.75) is 17.1 Å². The summed E-state index contributed by atoms with van der Waals surface area (Å²) < 4.78 is 0.922. The van der Waals surface area contributed by atoms with Gasteiger partial charge >= 0.3 is 0 Å². The number of carbonyl (C=O) groups is 2. The van der Waals surface area contributed by atoms with Crippen molar-refractivity contribution in [3.8, 4) is 0 Å². The molecule has 0 saturated heterocycles. The molecule has 2 atom stereocenters. The van der Waals surface area contributed by atoms with Crippen LogP contribution < -0.4 is 5.32 Å². The van der Waals surface area contributed by atoms with Gasteiger partial charge in [-0.1, -0.05) is 98.2 Å². The molecular formula is C25H17Br2NO2S. The van der Waals surface area contributed by atoms with Gasteiger partial charge in [0.2, 0.25) is 5.91 Å². The smallest absolute Gasteiger partial charge is 0.246 e. The second-order valence-electron chi connectivity index (χ2n) is 7.56. The maximum atomic E-state index is 13.6. The standard InChI is InChI=1S/C25H17Br2NO2S/c26-17-11-9-15(10-12-17)18-13-14-21(23(29)16-5-2-1-3-6-16)31-25(18)22-19(27)7-4-8-20(22)28-24(25)30/h1-12,14,18H,13H2,(H,28,30)/t18-,25-/m0/s1. The number of halogens is 2. The Morgan fingerprint density at radius 1 is 0.968 bits per heavy atom. The molecule has 6 heteroatoms. The van der Waals surface area contributed by atoms with Crippen LogP contribution in [0.1, 0.15) is 33.8 Å². The molecule has 154 valence electrons. The number of hydrogen-bond acceptors (Lipinski definition) is 3. The summed E-state index contributed by atoms with van der Waals surface area (Å²) in [4.78, 5) is 27.5. The molecule has 0 bridgehead atoms. The van der Waals surface area contributed by atoms with Gasteiger partial charge in [-0.25, -0.2) is 0 Å². The van der Waals surface area contributed by atoms with E-state index in [2.05, 4.69) is 49.3 Å². The van der Waals surface area contributed by atoms with E-state index in [4.69, 9.17) is 0 Å². The van der Waals surface area contributed by atoms with Gasteiger partial charge in [0, 0.05) is 31.7 Å². The lowest BCUT2D eigenvalue weighted by Crippen LogP contribution is -2.40. The number of anilines is 1. The minimum absolute atomic E-state index is 0.0486. The molecule has 0 radical (unpaired) electrons. The summed E-state index contributed by atoms with van der Waals surface area (Å²) in [7, 11) is 0. The number of carbonyl (C=O) groups excluding carboxylic acids is 2. The van der Waals surface area contributed by atoms with Crippen LogP contribution in [-0.2, 0) is 9.54 Å². The van der Waals surface area contributed by atoms with E-state index in [1.807, 2.05) is 66.7 Å². The molecule has 1 spiro atoms. The molecule has 0 aliphatic carbocycles. The number of thioether (sulfide) groups is 1. The highest BCUT2D eigenvalue weighted by atomic mass is 79.9. The van der Waals surface area contributed by atoms with Gasteiger partial charge in [0.15, 0.2) is 5.78 Å². The highest BCUT2D eigenvalue weighted by molar-refractivity contribution is 9.10. The van der Waals surface area contributed by atoms with Crippen LogP contribution in [0.15, 0.2) is 92.7 Å². The second-order valence-corrected chi connectivity index (χ2v) is 10.6. The molecule has 5 rings (SSSR count). The first-order valence-corrected chi connectivity index (χ1v) is 12.3. The first kappa shape index (κ1) is 20.7. The molecule has 0 aromatic heterocycles. The normalized spacial score (nSPS) is 22.1. The third-order valence-corrected chi connectivity index (χ3v) is 8.56. The van der Waals surface area contributed by atoms with Crippen LogP contribution in [0.5, 0.6) is 0 Å². The van der Waals surface area contributed by atoms with Crippen LogP contribution in [0.2, 0.25) is 0 Å². The fraction of sp³-hybridized carbons (Fsp3) is 0.120. The summed E-state index contributed by atoms with van der Waals surface area (Å²) in [5.41, 5.74) is 3.40. The van der Waals surface area contributed by atoms with Crippen molar-refractivity contribution in [3.05, 3.63) is 109 Å². The number of fused-ring (bicyclic) bond motifs is 2. The summed E-state index contributed by atoms with van der Waals surface area (Å²) in [6.45, 7) is 0. The van der Waals surface area contributed by atoms with Gasteiger partial charge in [-0.3, -0.25) is 9.59 Å². The first-order chi connectivity index (χ1) is 15.0. The Hall–Kier alpha value is -2.15. The lowest BCUT2D eigenvalue weighted by atomic mass is 9.78. The number of benzene rings is 3. The van der Waals surface area contributed by atoms with Gasteiger partial charge in [0.25, 0.3) is 0 Å². The fourth-order valence-corrected chi connectivity index (χ4v) is 7.03. The Labute approximate surface area is 201 Å². The van der Waals surface area contributed by atoms with Gasteiger partial charge in [0.1, 0.15) is 4.75 Å². The summed E-state index contributed by atoms with van der Waals surface area (Å²) in [5.74, 6) is -0.246. The Morgan fingerprint density at radius 3 is 2.45 bits per heavy atom. The molecule has 0 saturated carbocycles. The zero-order valence-corrected chi connectivity index (χ0v) is 20.3. The number of rotatable bonds is 3. The molecule has 2 heterocycles. The van der Waals surface area contributed by atoms with Gasteiger partial charge in [0.05, 0.1) is 4.91 Å². The molecule has 31 heavy (non-hydrogen) atoms. The zero-order chi connectivity index (χ0) is 21.6. The molecule has 2 aliphatic heterocycles. The number of nitrogens with one attached hydrogen (secondary N) is 1. The summed E-state index contributed by atoms with van der Waals surface area (Å²) in [5, 5.41) is 3.07. The molecule has 2 aliphatic rings. The monoisotopic (exact) mass is 553 g/mol. The van der Waals surface area contributed by atoms with E-state index in [0.717, 1.165) is 25.8 Å². The van der Waals surface area contributed by atoms with E-state index in [1.54, 1.807) is 0 Å². The molecule has 1 amide bonds. The largest absolute Gasteiger partial charge is 0.324 e. The number of amides is 1. The van der Waals surface area contributed by atoms with E-state index < -0.39 is 4.75 Å². The van der Waals surface area contributed by atoms with E-state index >= 15 is 0 Å². The topological polar surface area (TPSA) is 46.2 Å². The van der Waals surface area contributed by atoms with Crippen LogP contribution >= 0.6 is 43.6 Å². The van der Waals surface area contributed by atoms with Crippen molar-refractivity contribution >= 4 is 61.0 Å². The second kappa shape index (κ2) is 8.08. The van der Waals surface area contributed by atoms with E-state index in [1.165, 1.54) is 11.8 Å².